The molecule has 0 saturated heterocycles. The van der Waals surface area contributed by atoms with Gasteiger partial charge in [0.2, 0.25) is 10.0 Å². The largest absolute Gasteiger partial charge is 0.495 e. The van der Waals surface area contributed by atoms with Gasteiger partial charge in [-0.1, -0.05) is 6.92 Å². The minimum Gasteiger partial charge on any atom is -0.495 e. The number of aliphatic carboxylic acids is 1. The summed E-state index contributed by atoms with van der Waals surface area (Å²) in [5.74, 6) is -1.55. The van der Waals surface area contributed by atoms with Crippen LogP contribution in [0, 0.1) is 5.92 Å². The van der Waals surface area contributed by atoms with Gasteiger partial charge in [0.25, 0.3) is 5.91 Å². The molecule has 1 rings (SSSR count). The van der Waals surface area contributed by atoms with Gasteiger partial charge in [0.05, 0.1) is 7.11 Å². The van der Waals surface area contributed by atoms with Gasteiger partial charge in [-0.05, 0) is 38.0 Å². The van der Waals surface area contributed by atoms with E-state index in [1.807, 2.05) is 0 Å². The Hall–Kier alpha value is -2.13. The van der Waals surface area contributed by atoms with Crippen LogP contribution in [0.5, 0.6) is 5.75 Å². The Labute approximate surface area is 147 Å². The lowest BCUT2D eigenvalue weighted by molar-refractivity contribution is -0.137. The molecular weight excluding hydrogens is 348 g/mol. The second-order valence-corrected chi connectivity index (χ2v) is 7.74. The monoisotopic (exact) mass is 372 g/mol. The van der Waals surface area contributed by atoms with Gasteiger partial charge in [0, 0.05) is 24.6 Å². The van der Waals surface area contributed by atoms with E-state index in [-0.39, 0.29) is 41.1 Å². The predicted molar refractivity (Wildman–Crippen MR) is 92.2 cm³/mol. The summed E-state index contributed by atoms with van der Waals surface area (Å²) in [6.45, 7) is 5.24. The van der Waals surface area contributed by atoms with Crippen LogP contribution in [0.4, 0.5) is 0 Å². The number of nitrogens with one attached hydrogen (secondary N) is 2. The summed E-state index contributed by atoms with van der Waals surface area (Å²) in [7, 11) is -2.49. The zero-order valence-corrected chi connectivity index (χ0v) is 15.5. The van der Waals surface area contributed by atoms with E-state index in [0.717, 1.165) is 0 Å². The third-order valence-corrected chi connectivity index (χ3v) is 4.92. The van der Waals surface area contributed by atoms with Crippen LogP contribution in [0.25, 0.3) is 0 Å². The van der Waals surface area contributed by atoms with E-state index in [1.165, 1.54) is 25.3 Å². The number of ether oxygens (including phenoxy) is 1. The van der Waals surface area contributed by atoms with E-state index in [1.54, 1.807) is 20.8 Å². The first-order valence-electron chi connectivity index (χ1n) is 7.77. The summed E-state index contributed by atoms with van der Waals surface area (Å²) in [4.78, 5) is 22.7. The van der Waals surface area contributed by atoms with Gasteiger partial charge in [-0.3, -0.25) is 9.59 Å². The van der Waals surface area contributed by atoms with Crippen molar-refractivity contribution in [2.75, 3.05) is 13.7 Å². The Morgan fingerprint density at radius 3 is 2.40 bits per heavy atom. The molecule has 0 radical (unpaired) electrons. The summed E-state index contributed by atoms with van der Waals surface area (Å²) < 4.78 is 32.3. The van der Waals surface area contributed by atoms with Crippen molar-refractivity contribution in [1.29, 1.82) is 0 Å². The Morgan fingerprint density at radius 2 is 1.88 bits per heavy atom. The second kappa shape index (κ2) is 8.82. The van der Waals surface area contributed by atoms with E-state index in [2.05, 4.69) is 10.0 Å². The molecule has 8 nitrogen and oxygen atoms in total. The molecule has 1 aromatic carbocycles. The molecular formula is C16H24N2O6S. The van der Waals surface area contributed by atoms with Crippen molar-refractivity contribution >= 4 is 21.9 Å². The molecule has 1 unspecified atom stereocenters. The number of amides is 1. The molecule has 3 N–H and O–H groups in total. The van der Waals surface area contributed by atoms with Gasteiger partial charge in [0.1, 0.15) is 10.6 Å². The third-order valence-electron chi connectivity index (χ3n) is 3.24. The molecule has 0 bridgehead atoms. The average Bonchev–Trinajstić information content (AvgIpc) is 2.50. The van der Waals surface area contributed by atoms with E-state index < -0.39 is 21.9 Å². The van der Waals surface area contributed by atoms with Crippen LogP contribution in [0.2, 0.25) is 0 Å². The number of carbonyl (C=O) groups is 2. The molecule has 0 saturated carbocycles. The van der Waals surface area contributed by atoms with Crippen LogP contribution >= 0.6 is 0 Å². The summed E-state index contributed by atoms with van der Waals surface area (Å²) in [5, 5.41) is 11.3. The molecule has 0 aliphatic carbocycles. The fraction of sp³-hybridized carbons (Fsp3) is 0.500. The standard InChI is InChI=1S/C16H24N2O6S/c1-10(2)18-25(22,23)14-8-12(5-6-13(14)24-4)16(21)17-9-11(3)7-15(19)20/h5-6,8,10-11,18H,7,9H2,1-4H3,(H,17,21)(H,19,20). The highest BCUT2D eigenvalue weighted by molar-refractivity contribution is 7.89. The Morgan fingerprint density at radius 1 is 1.24 bits per heavy atom. The van der Waals surface area contributed by atoms with Crippen molar-refractivity contribution in [3.8, 4) is 5.75 Å². The fourth-order valence-electron chi connectivity index (χ4n) is 2.14. The van der Waals surface area contributed by atoms with E-state index >= 15 is 0 Å². The molecule has 1 amide bonds. The van der Waals surface area contributed by atoms with Gasteiger partial charge in [-0.2, -0.15) is 0 Å². The van der Waals surface area contributed by atoms with Crippen molar-refractivity contribution in [3.05, 3.63) is 23.8 Å². The first-order valence-corrected chi connectivity index (χ1v) is 9.25. The number of hydrogen-bond donors (Lipinski definition) is 3. The number of rotatable bonds is 9. The quantitative estimate of drug-likeness (QED) is 0.599. The molecule has 0 aliphatic rings. The number of hydrogen-bond acceptors (Lipinski definition) is 5. The van der Waals surface area contributed by atoms with Crippen molar-refractivity contribution in [2.24, 2.45) is 5.92 Å². The van der Waals surface area contributed by atoms with Crippen LogP contribution in [0.3, 0.4) is 0 Å². The van der Waals surface area contributed by atoms with E-state index in [0.29, 0.717) is 0 Å². The van der Waals surface area contributed by atoms with Crippen LogP contribution in [0.1, 0.15) is 37.6 Å². The van der Waals surface area contributed by atoms with Crippen LogP contribution in [-0.4, -0.2) is 45.1 Å². The highest BCUT2D eigenvalue weighted by atomic mass is 32.2. The molecule has 1 atom stereocenters. The zero-order chi connectivity index (χ0) is 19.2. The summed E-state index contributed by atoms with van der Waals surface area (Å²) in [6, 6.07) is 3.78. The number of sulfonamides is 1. The first kappa shape index (κ1) is 20.9. The molecule has 0 fully saturated rings. The Bertz CT molecular complexity index is 730. The van der Waals surface area contributed by atoms with Crippen molar-refractivity contribution in [1.82, 2.24) is 10.0 Å². The maximum Gasteiger partial charge on any atom is 0.303 e. The highest BCUT2D eigenvalue weighted by Gasteiger charge is 2.22. The van der Waals surface area contributed by atoms with Gasteiger partial charge in [-0.25, -0.2) is 13.1 Å². The van der Waals surface area contributed by atoms with Crippen molar-refractivity contribution in [2.45, 2.75) is 38.1 Å². The number of carbonyl (C=O) groups excluding carboxylic acids is 1. The van der Waals surface area contributed by atoms with Crippen LogP contribution in [-0.2, 0) is 14.8 Å². The molecule has 0 heterocycles. The number of methoxy groups -OCH3 is 1. The predicted octanol–water partition coefficient (Wildman–Crippen LogP) is 1.22. The molecule has 25 heavy (non-hydrogen) atoms. The van der Waals surface area contributed by atoms with Crippen molar-refractivity contribution in [3.63, 3.8) is 0 Å². The normalized spacial score (nSPS) is 12.7. The van der Waals surface area contributed by atoms with Gasteiger partial charge >= 0.3 is 5.97 Å². The first-order chi connectivity index (χ1) is 11.6. The average molecular weight is 372 g/mol. The zero-order valence-electron chi connectivity index (χ0n) is 14.7. The van der Waals surface area contributed by atoms with Crippen LogP contribution in [0.15, 0.2) is 23.1 Å². The SMILES string of the molecule is COc1ccc(C(=O)NCC(C)CC(=O)O)cc1S(=O)(=O)NC(C)C. The third kappa shape index (κ3) is 6.35. The number of carboxylic acids is 1. The topological polar surface area (TPSA) is 122 Å². The minimum atomic E-state index is -3.84. The highest BCUT2D eigenvalue weighted by Crippen LogP contribution is 2.25. The molecule has 0 aromatic heterocycles. The lowest BCUT2D eigenvalue weighted by Gasteiger charge is -2.15. The summed E-state index contributed by atoms with van der Waals surface area (Å²) in [6.07, 6.45) is -0.0686. The van der Waals surface area contributed by atoms with Crippen molar-refractivity contribution < 1.29 is 27.9 Å². The smallest absolute Gasteiger partial charge is 0.303 e. The lowest BCUT2D eigenvalue weighted by Crippen LogP contribution is -2.31. The van der Waals surface area contributed by atoms with E-state index in [4.69, 9.17) is 9.84 Å². The number of benzene rings is 1. The Kier molecular flexibility index (Phi) is 7.38. The van der Waals surface area contributed by atoms with E-state index in [9.17, 15) is 18.0 Å². The molecule has 140 valence electrons. The molecule has 0 aliphatic heterocycles. The molecule has 9 heteroatoms. The molecule has 1 aromatic rings. The maximum absolute atomic E-state index is 12.4. The maximum atomic E-state index is 12.4. The van der Waals surface area contributed by atoms with Crippen LogP contribution < -0.4 is 14.8 Å². The summed E-state index contributed by atoms with van der Waals surface area (Å²) in [5.41, 5.74) is 0.146. The van der Waals surface area contributed by atoms with Gasteiger partial charge < -0.3 is 15.2 Å². The Balaban J connectivity index is 3.01. The van der Waals surface area contributed by atoms with Gasteiger partial charge in [-0.15, -0.1) is 0 Å². The summed E-state index contributed by atoms with van der Waals surface area (Å²) >= 11 is 0. The minimum absolute atomic E-state index is 0.0686. The fourth-order valence-corrected chi connectivity index (χ4v) is 3.59. The second-order valence-electron chi connectivity index (χ2n) is 6.05. The molecule has 0 spiro atoms. The lowest BCUT2D eigenvalue weighted by atomic mass is 10.1. The number of carboxylic acid groups (broad SMARTS) is 1. The van der Waals surface area contributed by atoms with Gasteiger partial charge in [0.15, 0.2) is 0 Å².